The fraction of sp³-hybridized carbons (Fsp3) is 0.600. The molecule has 2 aromatic rings. The van der Waals surface area contributed by atoms with Crippen LogP contribution in [0.4, 0.5) is 0 Å². The summed E-state index contributed by atoms with van der Waals surface area (Å²) in [6, 6.07) is 6.76. The maximum absolute atomic E-state index is 5.78. The van der Waals surface area contributed by atoms with E-state index >= 15 is 0 Å². The molecule has 6 nitrogen and oxygen atoms in total. The fourth-order valence-electron chi connectivity index (χ4n) is 4.53. The Morgan fingerprint density at radius 1 is 1.04 bits per heavy atom. The van der Waals surface area contributed by atoms with Crippen molar-refractivity contribution in [2.24, 2.45) is 0 Å². The van der Waals surface area contributed by atoms with Crippen molar-refractivity contribution in [3.63, 3.8) is 0 Å². The Hall–Kier alpha value is -1.86. The molecule has 27 heavy (non-hydrogen) atoms. The maximum Gasteiger partial charge on any atom is 0.199 e. The highest BCUT2D eigenvalue weighted by atomic mass is 32.1. The van der Waals surface area contributed by atoms with E-state index in [4.69, 9.17) is 26.8 Å². The lowest BCUT2D eigenvalue weighted by Crippen LogP contribution is -2.27. The monoisotopic (exact) mass is 386 g/mol. The first-order valence-electron chi connectivity index (χ1n) is 10.1. The summed E-state index contributed by atoms with van der Waals surface area (Å²) in [5.74, 6) is 2.89. The van der Waals surface area contributed by atoms with Crippen LogP contribution in [-0.4, -0.2) is 39.0 Å². The number of hydrogen-bond donors (Lipinski definition) is 0. The van der Waals surface area contributed by atoms with Gasteiger partial charge in [-0.3, -0.25) is 4.90 Å². The van der Waals surface area contributed by atoms with Gasteiger partial charge >= 0.3 is 0 Å². The van der Waals surface area contributed by atoms with Crippen molar-refractivity contribution >= 4 is 12.2 Å². The number of nitrogens with zero attached hydrogens (tertiary/aromatic N) is 4. The van der Waals surface area contributed by atoms with Crippen molar-refractivity contribution in [3.05, 3.63) is 34.4 Å². The second-order valence-corrected chi connectivity index (χ2v) is 8.04. The second-order valence-electron chi connectivity index (χ2n) is 7.68. The predicted octanol–water partition coefficient (Wildman–Crippen LogP) is 3.71. The zero-order valence-corrected chi connectivity index (χ0v) is 16.4. The molecular weight excluding hydrogens is 360 g/mol. The molecule has 1 saturated heterocycles. The Balaban J connectivity index is 1.38. The standard InChI is InChI=1S/C20H26N4O2S/c27-20-23-10-3-1-2-6-19(23)21-24(20)14-22-9-4-5-16(22)15-7-8-17-18(13-15)26-12-11-25-17/h7-8,13,16H,1-6,9-12,14H2. The quantitative estimate of drug-likeness (QED) is 0.753. The van der Waals surface area contributed by atoms with Gasteiger partial charge in [0.1, 0.15) is 19.0 Å². The molecule has 1 aromatic heterocycles. The first kappa shape index (κ1) is 17.3. The third kappa shape index (κ3) is 3.27. The molecule has 0 N–H and O–H groups in total. The van der Waals surface area contributed by atoms with Crippen molar-refractivity contribution in [2.75, 3.05) is 19.8 Å². The molecule has 0 spiro atoms. The largest absolute Gasteiger partial charge is 0.486 e. The predicted molar refractivity (Wildman–Crippen MR) is 105 cm³/mol. The Labute approximate surface area is 164 Å². The Morgan fingerprint density at radius 2 is 1.93 bits per heavy atom. The minimum Gasteiger partial charge on any atom is -0.486 e. The second kappa shape index (κ2) is 7.28. The van der Waals surface area contributed by atoms with Gasteiger partial charge in [0.2, 0.25) is 0 Å². The lowest BCUT2D eigenvalue weighted by atomic mass is 10.0. The maximum atomic E-state index is 5.78. The summed E-state index contributed by atoms with van der Waals surface area (Å²) in [5, 5.41) is 4.86. The van der Waals surface area contributed by atoms with Crippen LogP contribution in [0.25, 0.3) is 0 Å². The molecule has 0 bridgehead atoms. The van der Waals surface area contributed by atoms with E-state index in [2.05, 4.69) is 21.6 Å². The van der Waals surface area contributed by atoms with Crippen LogP contribution in [-0.2, 0) is 19.6 Å². The Kier molecular flexibility index (Phi) is 4.65. The molecule has 1 unspecified atom stereocenters. The van der Waals surface area contributed by atoms with Crippen LogP contribution in [0.15, 0.2) is 18.2 Å². The fourth-order valence-corrected chi connectivity index (χ4v) is 4.82. The van der Waals surface area contributed by atoms with Crippen molar-refractivity contribution in [3.8, 4) is 11.5 Å². The summed E-state index contributed by atoms with van der Waals surface area (Å²) in [7, 11) is 0. The van der Waals surface area contributed by atoms with E-state index in [1.807, 2.05) is 10.7 Å². The van der Waals surface area contributed by atoms with Gasteiger partial charge in [-0.2, -0.15) is 5.10 Å². The summed E-state index contributed by atoms with van der Waals surface area (Å²) >= 11 is 5.74. The number of ether oxygens (including phenoxy) is 2. The van der Waals surface area contributed by atoms with Crippen molar-refractivity contribution < 1.29 is 9.47 Å². The van der Waals surface area contributed by atoms with Crippen LogP contribution in [0, 0.1) is 4.77 Å². The minimum atomic E-state index is 0.379. The van der Waals surface area contributed by atoms with Crippen LogP contribution in [0.1, 0.15) is 49.5 Å². The highest BCUT2D eigenvalue weighted by Gasteiger charge is 2.28. The van der Waals surface area contributed by atoms with E-state index < -0.39 is 0 Å². The van der Waals surface area contributed by atoms with E-state index in [0.717, 1.165) is 54.7 Å². The summed E-state index contributed by atoms with van der Waals surface area (Å²) in [5.41, 5.74) is 1.30. The first-order valence-corrected chi connectivity index (χ1v) is 10.5. The smallest absolute Gasteiger partial charge is 0.199 e. The molecular formula is C20H26N4O2S. The number of likely N-dealkylation sites (tertiary alicyclic amines) is 1. The van der Waals surface area contributed by atoms with Crippen LogP contribution >= 0.6 is 12.2 Å². The van der Waals surface area contributed by atoms with Gasteiger partial charge in [-0.05, 0) is 55.6 Å². The number of aromatic nitrogens is 3. The number of fused-ring (bicyclic) bond motifs is 2. The lowest BCUT2D eigenvalue weighted by molar-refractivity contribution is 0.168. The van der Waals surface area contributed by atoms with E-state index in [-0.39, 0.29) is 0 Å². The molecule has 0 radical (unpaired) electrons. The molecule has 1 fully saturated rings. The van der Waals surface area contributed by atoms with Gasteiger partial charge in [0.05, 0.1) is 6.67 Å². The average Bonchev–Trinajstić information content (AvgIpc) is 3.18. The average molecular weight is 387 g/mol. The van der Waals surface area contributed by atoms with Crippen molar-refractivity contribution in [2.45, 2.75) is 57.8 Å². The topological polar surface area (TPSA) is 44.4 Å². The zero-order chi connectivity index (χ0) is 18.2. The Bertz CT molecular complexity index is 891. The molecule has 3 aliphatic heterocycles. The van der Waals surface area contributed by atoms with E-state index in [1.54, 1.807) is 0 Å². The summed E-state index contributed by atoms with van der Waals surface area (Å²) in [4.78, 5) is 2.49. The molecule has 4 heterocycles. The molecule has 0 amide bonds. The first-order chi connectivity index (χ1) is 13.3. The summed E-state index contributed by atoms with van der Waals surface area (Å²) < 4.78 is 16.6. The van der Waals surface area contributed by atoms with Gasteiger partial charge in [0.15, 0.2) is 16.3 Å². The van der Waals surface area contributed by atoms with Crippen molar-refractivity contribution in [1.29, 1.82) is 0 Å². The number of benzene rings is 1. The minimum absolute atomic E-state index is 0.379. The molecule has 0 saturated carbocycles. The van der Waals surface area contributed by atoms with Gasteiger partial charge in [-0.25, -0.2) is 4.68 Å². The highest BCUT2D eigenvalue weighted by Crippen LogP contribution is 2.38. The zero-order valence-electron chi connectivity index (χ0n) is 15.6. The van der Waals surface area contributed by atoms with Crippen molar-refractivity contribution in [1.82, 2.24) is 19.2 Å². The SMILES string of the molecule is S=c1n(CN2CCCC2c2ccc3c(c2)OCCO3)nc2n1CCCCC2. The van der Waals surface area contributed by atoms with Crippen LogP contribution < -0.4 is 9.47 Å². The molecule has 5 rings (SSSR count). The lowest BCUT2D eigenvalue weighted by Gasteiger charge is -2.26. The third-order valence-corrected chi connectivity index (χ3v) is 6.34. The molecule has 3 aliphatic rings. The van der Waals surface area contributed by atoms with Crippen LogP contribution in [0.3, 0.4) is 0 Å². The number of rotatable bonds is 3. The molecule has 0 aliphatic carbocycles. The van der Waals surface area contributed by atoms with E-state index in [1.165, 1.54) is 31.2 Å². The molecule has 144 valence electrons. The molecule has 1 atom stereocenters. The van der Waals surface area contributed by atoms with Crippen LogP contribution in [0.5, 0.6) is 11.5 Å². The Morgan fingerprint density at radius 3 is 2.85 bits per heavy atom. The van der Waals surface area contributed by atoms with Gasteiger partial charge in [-0.15, -0.1) is 0 Å². The van der Waals surface area contributed by atoms with E-state index in [9.17, 15) is 0 Å². The summed E-state index contributed by atoms with van der Waals surface area (Å²) in [6.07, 6.45) is 7.09. The number of aryl methyl sites for hydroxylation is 1. The molecule has 7 heteroatoms. The summed E-state index contributed by atoms with van der Waals surface area (Å²) in [6.45, 7) is 4.10. The van der Waals surface area contributed by atoms with Gasteiger partial charge in [-0.1, -0.05) is 12.5 Å². The van der Waals surface area contributed by atoms with Gasteiger partial charge in [0, 0.05) is 25.6 Å². The third-order valence-electron chi connectivity index (χ3n) is 5.91. The number of hydrogen-bond acceptors (Lipinski definition) is 5. The highest BCUT2D eigenvalue weighted by molar-refractivity contribution is 7.71. The van der Waals surface area contributed by atoms with Gasteiger partial charge < -0.3 is 14.0 Å². The molecule has 1 aromatic carbocycles. The van der Waals surface area contributed by atoms with Gasteiger partial charge in [0.25, 0.3) is 0 Å². The normalized spacial score (nSPS) is 22.4. The van der Waals surface area contributed by atoms with Crippen LogP contribution in [0.2, 0.25) is 0 Å². The van der Waals surface area contributed by atoms with E-state index in [0.29, 0.717) is 19.3 Å².